The molecule has 0 spiro atoms. The van der Waals surface area contributed by atoms with Crippen molar-refractivity contribution >= 4 is 28.7 Å². The third-order valence-electron chi connectivity index (χ3n) is 4.75. The lowest BCUT2D eigenvalue weighted by Crippen LogP contribution is -2.11. The molecule has 1 aromatic carbocycles. The number of amidine groups is 1. The number of nitrogens with one attached hydrogen (secondary N) is 3. The number of nitrogens with zero attached hydrogens (tertiary/aromatic N) is 3. The van der Waals surface area contributed by atoms with Crippen LogP contribution >= 0.6 is 0 Å². The van der Waals surface area contributed by atoms with Gasteiger partial charge in [0.2, 0.25) is 0 Å². The van der Waals surface area contributed by atoms with Crippen LogP contribution in [0.1, 0.15) is 36.6 Å². The zero-order valence-corrected chi connectivity index (χ0v) is 18.0. The molecule has 9 heteroatoms. The van der Waals surface area contributed by atoms with Crippen molar-refractivity contribution in [3.05, 3.63) is 77.4 Å². The van der Waals surface area contributed by atoms with E-state index in [1.165, 1.54) is 19.4 Å². The molecule has 2 aromatic heterocycles. The number of ether oxygens (including phenoxy) is 1. The summed E-state index contributed by atoms with van der Waals surface area (Å²) < 4.78 is 34.5. The summed E-state index contributed by atoms with van der Waals surface area (Å²) >= 11 is 0. The number of rotatable bonds is 7. The maximum Gasteiger partial charge on any atom is 0.189 e. The Bertz CT molecular complexity index is 1230. The number of benzene rings is 1. The van der Waals surface area contributed by atoms with Gasteiger partial charge in [0.25, 0.3) is 0 Å². The van der Waals surface area contributed by atoms with Crippen LogP contribution in [-0.4, -0.2) is 41.0 Å². The molecule has 0 saturated heterocycles. The van der Waals surface area contributed by atoms with Crippen LogP contribution < -0.4 is 5.32 Å². The minimum atomic E-state index is -0.819. The maximum absolute atomic E-state index is 14.3. The minimum Gasteiger partial charge on any atom is -0.484 e. The molecule has 0 fully saturated rings. The van der Waals surface area contributed by atoms with Crippen LogP contribution in [0.5, 0.6) is 0 Å². The number of halogens is 2. The van der Waals surface area contributed by atoms with E-state index < -0.39 is 11.6 Å². The van der Waals surface area contributed by atoms with Crippen molar-refractivity contribution in [3.8, 4) is 0 Å². The molecule has 7 nitrogen and oxygen atoms in total. The number of fused-ring (bicyclic) bond motifs is 1. The van der Waals surface area contributed by atoms with Gasteiger partial charge in [0.15, 0.2) is 11.7 Å². The molecule has 166 valence electrons. The molecular weight excluding hydrogens is 414 g/mol. The van der Waals surface area contributed by atoms with Crippen LogP contribution in [0.25, 0.3) is 11.2 Å². The van der Waals surface area contributed by atoms with Gasteiger partial charge >= 0.3 is 0 Å². The lowest BCUT2D eigenvalue weighted by molar-refractivity contribution is 0.390. The molecule has 0 amide bonds. The van der Waals surface area contributed by atoms with Gasteiger partial charge in [-0.2, -0.15) is 4.99 Å². The van der Waals surface area contributed by atoms with E-state index in [4.69, 9.17) is 15.6 Å². The van der Waals surface area contributed by atoms with E-state index in [1.54, 1.807) is 36.0 Å². The van der Waals surface area contributed by atoms with Crippen molar-refractivity contribution < 1.29 is 13.5 Å². The lowest BCUT2D eigenvalue weighted by atomic mass is 9.97. The number of pyridine rings is 1. The zero-order chi connectivity index (χ0) is 23.3. The summed E-state index contributed by atoms with van der Waals surface area (Å²) in [6.07, 6.45) is 6.24. The summed E-state index contributed by atoms with van der Waals surface area (Å²) in [6, 6.07) is 6.58. The second kappa shape index (κ2) is 9.95. The Kier molecular flexibility index (Phi) is 7.09. The summed E-state index contributed by atoms with van der Waals surface area (Å²) in [5.41, 5.74) is 1.85. The summed E-state index contributed by atoms with van der Waals surface area (Å²) in [6.45, 7) is 1.99. The Hall–Kier alpha value is -3.88. The Balaban J connectivity index is 2.05. The second-order valence-corrected chi connectivity index (χ2v) is 6.94. The molecule has 2 heterocycles. The van der Waals surface area contributed by atoms with Gasteiger partial charge in [0.05, 0.1) is 19.0 Å². The monoisotopic (exact) mass is 438 g/mol. The summed E-state index contributed by atoms with van der Waals surface area (Å²) in [4.78, 5) is 8.57. The molecule has 0 unspecified atom stereocenters. The molecule has 0 aliphatic rings. The average molecular weight is 438 g/mol. The van der Waals surface area contributed by atoms with Crippen LogP contribution in [0.15, 0.2) is 53.9 Å². The molecule has 3 aromatic rings. The molecule has 3 rings (SSSR count). The largest absolute Gasteiger partial charge is 0.484 e. The molecule has 32 heavy (non-hydrogen) atoms. The predicted octanol–water partition coefficient (Wildman–Crippen LogP) is 4.41. The van der Waals surface area contributed by atoms with Gasteiger partial charge in [-0.1, -0.05) is 6.92 Å². The molecule has 0 aliphatic carbocycles. The predicted molar refractivity (Wildman–Crippen MR) is 122 cm³/mol. The third kappa shape index (κ3) is 4.72. The van der Waals surface area contributed by atoms with E-state index >= 15 is 0 Å². The first-order valence-corrected chi connectivity index (χ1v) is 9.99. The number of aliphatic imine (C=N–C) groups is 1. The number of hydrogen-bond acceptors (Lipinski definition) is 5. The highest BCUT2D eigenvalue weighted by Gasteiger charge is 2.17. The molecule has 0 saturated carbocycles. The normalized spacial score (nSPS) is 12.2. The first-order valence-electron chi connectivity index (χ1n) is 9.99. The van der Waals surface area contributed by atoms with Crippen LogP contribution in [-0.2, 0) is 4.74 Å². The molecule has 3 N–H and O–H groups in total. The summed E-state index contributed by atoms with van der Waals surface area (Å²) in [5.74, 6) is -1.09. The van der Waals surface area contributed by atoms with Crippen molar-refractivity contribution in [2.24, 2.45) is 4.99 Å². The van der Waals surface area contributed by atoms with Gasteiger partial charge in [-0.3, -0.25) is 15.2 Å². The fraction of sp³-hybridized carbons (Fsp3) is 0.217. The SMILES string of the molecule is CCC/C(=N/C(=N)c1cnc2ccc(/C(=C/NC)C(=N)c3ccc(F)cc3F)cn12)OC. The topological polar surface area (TPSA) is 98.6 Å². The van der Waals surface area contributed by atoms with Gasteiger partial charge in [-0.25, -0.2) is 13.8 Å². The zero-order valence-electron chi connectivity index (χ0n) is 18.0. The van der Waals surface area contributed by atoms with Gasteiger partial charge in [-0.05, 0) is 30.7 Å². The number of methoxy groups -OCH3 is 1. The van der Waals surface area contributed by atoms with Gasteiger partial charge in [0.1, 0.15) is 23.0 Å². The standard InChI is InChI=1S/C23H24F2N6O/c1-4-5-21(32-3)30-23(27)19-12-29-20-9-6-14(13-31(19)20)17(11-28-2)22(26)16-8-7-15(24)10-18(16)25/h6-13,26-28H,4-5H2,1-3H3/b17-11-,26-22?,27-23?,30-21-. The van der Waals surface area contributed by atoms with E-state index in [2.05, 4.69) is 15.3 Å². The third-order valence-corrected chi connectivity index (χ3v) is 4.75. The van der Waals surface area contributed by atoms with Crippen molar-refractivity contribution in [3.63, 3.8) is 0 Å². The number of imidazole rings is 1. The van der Waals surface area contributed by atoms with Crippen LogP contribution in [0.2, 0.25) is 0 Å². The van der Waals surface area contributed by atoms with Crippen molar-refractivity contribution in [2.45, 2.75) is 19.8 Å². The fourth-order valence-electron chi connectivity index (χ4n) is 3.20. The Morgan fingerprint density at radius 1 is 1.25 bits per heavy atom. The van der Waals surface area contributed by atoms with E-state index in [-0.39, 0.29) is 17.1 Å². The first-order chi connectivity index (χ1) is 15.4. The lowest BCUT2D eigenvalue weighted by Gasteiger charge is -2.12. The highest BCUT2D eigenvalue weighted by Crippen LogP contribution is 2.23. The summed E-state index contributed by atoms with van der Waals surface area (Å²) in [7, 11) is 3.18. The number of allylic oxidation sites excluding steroid dienone is 1. The number of aromatic nitrogens is 2. The Morgan fingerprint density at radius 2 is 2.03 bits per heavy atom. The smallest absolute Gasteiger partial charge is 0.189 e. The van der Waals surface area contributed by atoms with Gasteiger partial charge in [-0.15, -0.1) is 0 Å². The summed E-state index contributed by atoms with van der Waals surface area (Å²) in [5, 5.41) is 19.8. The quantitative estimate of drug-likeness (QED) is 0.376. The van der Waals surface area contributed by atoms with Crippen molar-refractivity contribution in [2.75, 3.05) is 14.2 Å². The van der Waals surface area contributed by atoms with Crippen molar-refractivity contribution in [1.82, 2.24) is 14.7 Å². The highest BCUT2D eigenvalue weighted by molar-refractivity contribution is 6.30. The van der Waals surface area contributed by atoms with E-state index in [1.807, 2.05) is 6.92 Å². The Labute approximate surface area is 184 Å². The second-order valence-electron chi connectivity index (χ2n) is 6.94. The Morgan fingerprint density at radius 3 is 2.69 bits per heavy atom. The van der Waals surface area contributed by atoms with Crippen molar-refractivity contribution in [1.29, 1.82) is 10.8 Å². The molecule has 0 radical (unpaired) electrons. The molecular formula is C23H24F2N6O. The first kappa shape index (κ1) is 22.8. The van der Waals surface area contributed by atoms with Crippen LogP contribution in [0.3, 0.4) is 0 Å². The molecule has 0 bridgehead atoms. The maximum atomic E-state index is 14.3. The van der Waals surface area contributed by atoms with Crippen LogP contribution in [0, 0.1) is 22.5 Å². The molecule has 0 aliphatic heterocycles. The molecule has 0 atom stereocenters. The van der Waals surface area contributed by atoms with E-state index in [0.29, 0.717) is 34.8 Å². The van der Waals surface area contributed by atoms with E-state index in [0.717, 1.165) is 18.6 Å². The average Bonchev–Trinajstić information content (AvgIpc) is 3.20. The van der Waals surface area contributed by atoms with Gasteiger partial charge in [0, 0.05) is 48.6 Å². The van der Waals surface area contributed by atoms with Crippen LogP contribution in [0.4, 0.5) is 8.78 Å². The van der Waals surface area contributed by atoms with Gasteiger partial charge < -0.3 is 10.1 Å². The minimum absolute atomic E-state index is 0.0150. The fourth-order valence-corrected chi connectivity index (χ4v) is 3.20. The number of hydrogen-bond donors (Lipinski definition) is 3. The highest BCUT2D eigenvalue weighted by atomic mass is 19.1. The van der Waals surface area contributed by atoms with E-state index in [9.17, 15) is 8.78 Å².